The lowest BCUT2D eigenvalue weighted by Gasteiger charge is -2.25. The van der Waals surface area contributed by atoms with Crippen LogP contribution in [0.1, 0.15) is 30.5 Å². The highest BCUT2D eigenvalue weighted by atomic mass is 16.5. The van der Waals surface area contributed by atoms with Crippen molar-refractivity contribution in [3.05, 3.63) is 28.8 Å². The average molecular weight is 260 g/mol. The van der Waals surface area contributed by atoms with E-state index in [-0.39, 0.29) is 5.41 Å². The van der Waals surface area contributed by atoms with Crippen molar-refractivity contribution in [3.63, 3.8) is 0 Å². The van der Waals surface area contributed by atoms with Gasteiger partial charge in [-0.25, -0.2) is 0 Å². The molecule has 0 aliphatic carbocycles. The second-order valence-corrected chi connectivity index (χ2v) is 5.93. The molecule has 0 spiro atoms. The Hall–Kier alpha value is -1.53. The molecule has 0 aromatic heterocycles. The topological polar surface area (TPSA) is 36.3 Å². The van der Waals surface area contributed by atoms with E-state index in [1.165, 1.54) is 16.7 Å². The monoisotopic (exact) mass is 260 g/mol. The molecule has 0 saturated heterocycles. The molecule has 0 aliphatic heterocycles. The van der Waals surface area contributed by atoms with Crippen LogP contribution in [0.3, 0.4) is 0 Å². The summed E-state index contributed by atoms with van der Waals surface area (Å²) in [5, 5.41) is 9.10. The van der Waals surface area contributed by atoms with Gasteiger partial charge < -0.3 is 9.64 Å². The van der Waals surface area contributed by atoms with Crippen LogP contribution >= 0.6 is 0 Å². The van der Waals surface area contributed by atoms with Crippen molar-refractivity contribution in [1.29, 1.82) is 5.26 Å². The number of nitrogens with zero attached hydrogens (tertiary/aromatic N) is 2. The number of nitriles is 1. The highest BCUT2D eigenvalue weighted by molar-refractivity contribution is 5.43. The van der Waals surface area contributed by atoms with Crippen LogP contribution in [-0.2, 0) is 6.54 Å². The normalized spacial score (nSPS) is 11.5. The molecule has 1 aromatic carbocycles. The quantitative estimate of drug-likeness (QED) is 0.815. The summed E-state index contributed by atoms with van der Waals surface area (Å²) >= 11 is 0. The van der Waals surface area contributed by atoms with Crippen molar-refractivity contribution in [1.82, 2.24) is 4.90 Å². The maximum Gasteiger partial charge on any atom is 0.123 e. The maximum atomic E-state index is 9.10. The lowest BCUT2D eigenvalue weighted by atomic mass is 9.95. The van der Waals surface area contributed by atoms with Gasteiger partial charge in [0.1, 0.15) is 5.75 Å². The van der Waals surface area contributed by atoms with Gasteiger partial charge in [0.2, 0.25) is 0 Å². The van der Waals surface area contributed by atoms with Gasteiger partial charge in [-0.05, 0) is 51.9 Å². The number of ether oxygens (including phenoxy) is 1. The maximum absolute atomic E-state index is 9.10. The first-order chi connectivity index (χ1) is 8.79. The van der Waals surface area contributed by atoms with Gasteiger partial charge in [-0.15, -0.1) is 0 Å². The Kier molecular flexibility index (Phi) is 4.97. The third kappa shape index (κ3) is 4.25. The third-order valence-corrected chi connectivity index (χ3v) is 3.19. The van der Waals surface area contributed by atoms with E-state index >= 15 is 0 Å². The van der Waals surface area contributed by atoms with E-state index in [1.54, 1.807) is 7.11 Å². The zero-order valence-corrected chi connectivity index (χ0v) is 12.9. The number of aryl methyl sites for hydroxylation is 2. The smallest absolute Gasteiger partial charge is 0.123 e. The molecule has 0 radical (unpaired) electrons. The first-order valence-corrected chi connectivity index (χ1v) is 6.53. The molecule has 0 fully saturated rings. The number of methoxy groups -OCH3 is 1. The predicted octanol–water partition coefficient (Wildman–Crippen LogP) is 3.29. The van der Waals surface area contributed by atoms with Crippen LogP contribution in [0.4, 0.5) is 0 Å². The van der Waals surface area contributed by atoms with Gasteiger partial charge in [0.25, 0.3) is 0 Å². The van der Waals surface area contributed by atoms with Gasteiger partial charge >= 0.3 is 0 Å². The first-order valence-electron chi connectivity index (χ1n) is 6.53. The second-order valence-electron chi connectivity index (χ2n) is 5.93. The molecular weight excluding hydrogens is 236 g/mol. The molecule has 104 valence electrons. The van der Waals surface area contributed by atoms with Crippen molar-refractivity contribution < 1.29 is 4.74 Å². The highest BCUT2D eigenvalue weighted by Crippen LogP contribution is 2.26. The average Bonchev–Trinajstić information content (AvgIpc) is 2.31. The Labute approximate surface area is 116 Å². The molecule has 0 N–H and O–H groups in total. The molecule has 0 atom stereocenters. The van der Waals surface area contributed by atoms with E-state index in [9.17, 15) is 0 Å². The molecule has 1 aromatic rings. The van der Waals surface area contributed by atoms with Crippen molar-refractivity contribution >= 4 is 0 Å². The zero-order valence-electron chi connectivity index (χ0n) is 12.9. The summed E-state index contributed by atoms with van der Waals surface area (Å²) in [7, 11) is 3.74. The molecule has 3 nitrogen and oxygen atoms in total. The fourth-order valence-electron chi connectivity index (χ4n) is 2.38. The van der Waals surface area contributed by atoms with E-state index in [4.69, 9.17) is 10.00 Å². The van der Waals surface area contributed by atoms with Crippen molar-refractivity contribution in [3.8, 4) is 11.8 Å². The van der Waals surface area contributed by atoms with Crippen molar-refractivity contribution in [2.75, 3.05) is 20.7 Å². The van der Waals surface area contributed by atoms with Gasteiger partial charge in [-0.3, -0.25) is 0 Å². The number of rotatable bonds is 5. The van der Waals surface area contributed by atoms with Gasteiger partial charge in [-0.2, -0.15) is 5.26 Å². The van der Waals surface area contributed by atoms with E-state index in [0.717, 1.165) is 18.8 Å². The predicted molar refractivity (Wildman–Crippen MR) is 78.2 cm³/mol. The Morgan fingerprint density at radius 1 is 1.32 bits per heavy atom. The van der Waals surface area contributed by atoms with Crippen LogP contribution in [0.25, 0.3) is 0 Å². The largest absolute Gasteiger partial charge is 0.496 e. The molecule has 0 unspecified atom stereocenters. The summed E-state index contributed by atoms with van der Waals surface area (Å²) in [5.41, 5.74) is 3.31. The fraction of sp³-hybridized carbons (Fsp3) is 0.562. The standard InChI is InChI=1S/C16H24N2O/c1-12-7-13(2)14(15(8-12)19-6)9-18(5)11-16(3,4)10-17/h7-8H,9,11H2,1-6H3. The van der Waals surface area contributed by atoms with E-state index in [0.29, 0.717) is 0 Å². The first kappa shape index (κ1) is 15.5. The molecule has 0 saturated carbocycles. The van der Waals surface area contributed by atoms with Crippen LogP contribution < -0.4 is 4.74 Å². The van der Waals surface area contributed by atoms with Crippen LogP contribution in [-0.4, -0.2) is 25.6 Å². The summed E-state index contributed by atoms with van der Waals surface area (Å²) < 4.78 is 5.47. The minimum absolute atomic E-state index is 0.333. The number of hydrogen-bond donors (Lipinski definition) is 0. The van der Waals surface area contributed by atoms with Gasteiger partial charge in [-0.1, -0.05) is 6.07 Å². The minimum Gasteiger partial charge on any atom is -0.496 e. The summed E-state index contributed by atoms with van der Waals surface area (Å²) in [6.07, 6.45) is 0. The Balaban J connectivity index is 2.91. The van der Waals surface area contributed by atoms with Crippen LogP contribution in [0.5, 0.6) is 5.75 Å². The Bertz CT molecular complexity index is 486. The molecule has 0 bridgehead atoms. The van der Waals surface area contributed by atoms with Gasteiger partial charge in [0.05, 0.1) is 18.6 Å². The van der Waals surface area contributed by atoms with Crippen LogP contribution in [0.15, 0.2) is 12.1 Å². The molecule has 0 heterocycles. The molecule has 0 aliphatic rings. The fourth-order valence-corrected chi connectivity index (χ4v) is 2.38. The molecule has 19 heavy (non-hydrogen) atoms. The van der Waals surface area contributed by atoms with Crippen LogP contribution in [0.2, 0.25) is 0 Å². The summed E-state index contributed by atoms with van der Waals surface area (Å²) in [6.45, 7) is 9.63. The summed E-state index contributed by atoms with van der Waals surface area (Å²) in [5.74, 6) is 0.930. The second kappa shape index (κ2) is 6.08. The number of hydrogen-bond acceptors (Lipinski definition) is 3. The molecule has 3 heteroatoms. The molecular formula is C16H24N2O. The highest BCUT2D eigenvalue weighted by Gasteiger charge is 2.20. The van der Waals surface area contributed by atoms with Gasteiger partial charge in [0.15, 0.2) is 0 Å². The van der Waals surface area contributed by atoms with E-state index in [2.05, 4.69) is 36.9 Å². The van der Waals surface area contributed by atoms with Crippen molar-refractivity contribution in [2.45, 2.75) is 34.2 Å². The Morgan fingerprint density at radius 2 is 1.95 bits per heavy atom. The third-order valence-electron chi connectivity index (χ3n) is 3.19. The van der Waals surface area contributed by atoms with Crippen molar-refractivity contribution in [2.24, 2.45) is 5.41 Å². The van der Waals surface area contributed by atoms with E-state index in [1.807, 2.05) is 20.9 Å². The SMILES string of the molecule is COc1cc(C)cc(C)c1CN(C)CC(C)(C)C#N. The van der Waals surface area contributed by atoms with E-state index < -0.39 is 0 Å². The lowest BCUT2D eigenvalue weighted by molar-refractivity contribution is 0.245. The Morgan fingerprint density at radius 3 is 2.47 bits per heavy atom. The molecule has 1 rings (SSSR count). The summed E-state index contributed by atoms with van der Waals surface area (Å²) in [4.78, 5) is 2.17. The minimum atomic E-state index is -0.333. The summed E-state index contributed by atoms with van der Waals surface area (Å²) in [6, 6.07) is 6.57. The van der Waals surface area contributed by atoms with Crippen LogP contribution in [0, 0.1) is 30.6 Å². The molecule has 0 amide bonds. The van der Waals surface area contributed by atoms with Gasteiger partial charge in [0, 0.05) is 18.7 Å². The lowest BCUT2D eigenvalue weighted by Crippen LogP contribution is -2.30. The zero-order chi connectivity index (χ0) is 14.6. The number of benzene rings is 1.